The maximum Gasteiger partial charge on any atom is 0.490 e. The Hall–Kier alpha value is -1.97. The van der Waals surface area contributed by atoms with Crippen molar-refractivity contribution >= 4 is 17.3 Å². The smallest absolute Gasteiger partial charge is 0.475 e. The van der Waals surface area contributed by atoms with Crippen molar-refractivity contribution in [2.24, 2.45) is 5.92 Å². The molecule has 0 unspecified atom stereocenters. The predicted molar refractivity (Wildman–Crippen MR) is 100 cm³/mol. The number of carboxylic acids is 1. The summed E-state index contributed by atoms with van der Waals surface area (Å²) in [5.74, 6) is -2.20. The fourth-order valence-electron chi connectivity index (χ4n) is 3.18. The molecule has 0 radical (unpaired) electrons. The van der Waals surface area contributed by atoms with Crippen molar-refractivity contribution < 1.29 is 27.8 Å². The number of piperidine rings is 1. The first-order valence-corrected chi connectivity index (χ1v) is 9.65. The Balaban J connectivity index is 0.000000345. The zero-order valence-corrected chi connectivity index (χ0v) is 16.2. The molecule has 1 aromatic heterocycles. The molecule has 28 heavy (non-hydrogen) atoms. The van der Waals surface area contributed by atoms with Crippen molar-refractivity contribution in [3.63, 3.8) is 0 Å². The van der Waals surface area contributed by atoms with Crippen LogP contribution in [0.3, 0.4) is 0 Å². The van der Waals surface area contributed by atoms with E-state index in [1.807, 2.05) is 13.3 Å². The summed E-state index contributed by atoms with van der Waals surface area (Å²) in [6, 6.07) is 10.7. The van der Waals surface area contributed by atoms with Crippen molar-refractivity contribution in [3.8, 4) is 0 Å². The van der Waals surface area contributed by atoms with E-state index in [1.54, 1.807) is 11.3 Å². The van der Waals surface area contributed by atoms with Gasteiger partial charge in [-0.05, 0) is 18.4 Å². The third-order valence-corrected chi connectivity index (χ3v) is 5.24. The fourth-order valence-corrected chi connectivity index (χ4v) is 3.83. The molecule has 1 N–H and O–H groups in total. The molecule has 0 amide bonds. The molecule has 3 rings (SSSR count). The van der Waals surface area contributed by atoms with Gasteiger partial charge in [0.1, 0.15) is 5.01 Å². The van der Waals surface area contributed by atoms with Gasteiger partial charge in [-0.3, -0.25) is 4.90 Å². The lowest BCUT2D eigenvalue weighted by Crippen LogP contribution is -2.44. The minimum absolute atomic E-state index is 0.373. The number of likely N-dealkylation sites (tertiary alicyclic amines) is 1. The summed E-state index contributed by atoms with van der Waals surface area (Å²) in [5.41, 5.74) is 1.40. The largest absolute Gasteiger partial charge is 0.490 e. The lowest BCUT2D eigenvalue weighted by molar-refractivity contribution is -0.192. The number of alkyl halides is 3. The number of thiazole rings is 1. The van der Waals surface area contributed by atoms with Crippen LogP contribution in [0.15, 0.2) is 41.9 Å². The normalized spacial score (nSPS) is 20.3. The average Bonchev–Trinajstić information content (AvgIpc) is 3.16. The van der Waals surface area contributed by atoms with Crippen LogP contribution in [0, 0.1) is 5.92 Å². The van der Waals surface area contributed by atoms with Crippen molar-refractivity contribution in [1.82, 2.24) is 9.88 Å². The zero-order valence-electron chi connectivity index (χ0n) is 15.4. The Morgan fingerprint density at radius 1 is 1.36 bits per heavy atom. The molecule has 1 aromatic carbocycles. The second-order valence-electron chi connectivity index (χ2n) is 6.48. The second kappa shape index (κ2) is 10.5. The van der Waals surface area contributed by atoms with Gasteiger partial charge in [-0.1, -0.05) is 30.3 Å². The number of hydrogen-bond donors (Lipinski definition) is 1. The summed E-state index contributed by atoms with van der Waals surface area (Å²) >= 11 is 1.74. The lowest BCUT2D eigenvalue weighted by Gasteiger charge is -2.37. The highest BCUT2D eigenvalue weighted by Crippen LogP contribution is 2.25. The van der Waals surface area contributed by atoms with Crippen LogP contribution in [-0.4, -0.2) is 53.4 Å². The zero-order chi connectivity index (χ0) is 20.6. The SMILES string of the molecule is CO[C@@H]1CCN(Cc2nccs2)C[C@@H]1Cc1ccccc1.O=C(O)C(F)(F)F. The summed E-state index contributed by atoms with van der Waals surface area (Å²) in [7, 11) is 1.85. The number of hydrogen-bond acceptors (Lipinski definition) is 5. The number of benzene rings is 1. The molecule has 1 aliphatic rings. The van der Waals surface area contributed by atoms with Crippen LogP contribution >= 0.6 is 11.3 Å². The molecule has 5 nitrogen and oxygen atoms in total. The summed E-state index contributed by atoms with van der Waals surface area (Å²) in [6.07, 6.45) is -0.617. The lowest BCUT2D eigenvalue weighted by atomic mass is 9.88. The minimum Gasteiger partial charge on any atom is -0.475 e. The quantitative estimate of drug-likeness (QED) is 0.802. The topological polar surface area (TPSA) is 62.7 Å². The number of ether oxygens (including phenoxy) is 1. The molecule has 1 saturated heterocycles. The maximum absolute atomic E-state index is 10.6. The monoisotopic (exact) mass is 416 g/mol. The van der Waals surface area contributed by atoms with Gasteiger partial charge in [-0.25, -0.2) is 9.78 Å². The molecule has 1 aliphatic heterocycles. The van der Waals surface area contributed by atoms with Crippen LogP contribution in [0.4, 0.5) is 13.2 Å². The van der Waals surface area contributed by atoms with Gasteiger partial charge in [0.2, 0.25) is 0 Å². The summed E-state index contributed by atoms with van der Waals surface area (Å²) in [4.78, 5) is 15.8. The van der Waals surface area contributed by atoms with Gasteiger partial charge in [0.05, 0.1) is 12.6 Å². The van der Waals surface area contributed by atoms with E-state index in [0.717, 1.165) is 32.5 Å². The number of nitrogens with zero attached hydrogens (tertiary/aromatic N) is 2. The van der Waals surface area contributed by atoms with E-state index in [-0.39, 0.29) is 0 Å². The number of methoxy groups -OCH3 is 1. The summed E-state index contributed by atoms with van der Waals surface area (Å²) in [5, 5.41) is 10.4. The standard InChI is InChI=1S/C17H22N2OS.C2HF3O2/c1-20-16-7-9-19(13-17-18-8-10-21-17)12-15(16)11-14-5-3-2-4-6-14;3-2(4,5)1(6)7/h2-6,8,10,15-16H,7,9,11-13H2,1H3;(H,6,7)/t15-,16+;/m0./s1. The van der Waals surface area contributed by atoms with E-state index < -0.39 is 12.1 Å². The molecular weight excluding hydrogens is 393 g/mol. The Morgan fingerprint density at radius 2 is 2.04 bits per heavy atom. The van der Waals surface area contributed by atoms with E-state index in [0.29, 0.717) is 12.0 Å². The van der Waals surface area contributed by atoms with Gasteiger partial charge in [0, 0.05) is 37.7 Å². The van der Waals surface area contributed by atoms with Crippen LogP contribution in [0.2, 0.25) is 0 Å². The molecule has 2 atom stereocenters. The van der Waals surface area contributed by atoms with E-state index in [4.69, 9.17) is 14.6 Å². The second-order valence-corrected chi connectivity index (χ2v) is 7.46. The first-order chi connectivity index (χ1) is 13.3. The molecule has 2 heterocycles. The molecule has 0 saturated carbocycles. The first kappa shape index (κ1) is 22.3. The number of rotatable bonds is 5. The van der Waals surface area contributed by atoms with E-state index in [1.165, 1.54) is 10.6 Å². The third-order valence-electron chi connectivity index (χ3n) is 4.48. The Bertz CT molecular complexity index is 711. The van der Waals surface area contributed by atoms with E-state index in [9.17, 15) is 13.2 Å². The molecule has 2 aromatic rings. The van der Waals surface area contributed by atoms with Crippen molar-refractivity contribution in [3.05, 3.63) is 52.5 Å². The summed E-state index contributed by atoms with van der Waals surface area (Å²) < 4.78 is 37.5. The first-order valence-electron chi connectivity index (χ1n) is 8.77. The molecular formula is C19H23F3N2O3S. The molecule has 1 fully saturated rings. The number of carboxylic acid groups (broad SMARTS) is 1. The Morgan fingerprint density at radius 3 is 2.57 bits per heavy atom. The number of aliphatic carboxylic acids is 1. The van der Waals surface area contributed by atoms with Crippen LogP contribution in [0.5, 0.6) is 0 Å². The molecule has 0 spiro atoms. The van der Waals surface area contributed by atoms with Crippen LogP contribution in [-0.2, 0) is 22.5 Å². The minimum atomic E-state index is -5.08. The maximum atomic E-state index is 10.6. The van der Waals surface area contributed by atoms with Gasteiger partial charge >= 0.3 is 12.1 Å². The van der Waals surface area contributed by atoms with E-state index >= 15 is 0 Å². The van der Waals surface area contributed by atoms with Crippen molar-refractivity contribution in [2.45, 2.75) is 31.7 Å². The highest BCUT2D eigenvalue weighted by molar-refractivity contribution is 7.09. The average molecular weight is 416 g/mol. The number of aromatic nitrogens is 1. The Labute approximate surface area is 165 Å². The fraction of sp³-hybridized carbons (Fsp3) is 0.474. The molecule has 0 bridgehead atoms. The van der Waals surface area contributed by atoms with Crippen LogP contribution < -0.4 is 0 Å². The van der Waals surface area contributed by atoms with Gasteiger partial charge in [-0.2, -0.15) is 13.2 Å². The highest BCUT2D eigenvalue weighted by Gasteiger charge is 2.38. The highest BCUT2D eigenvalue weighted by atomic mass is 32.1. The van der Waals surface area contributed by atoms with E-state index in [2.05, 4.69) is 45.6 Å². The van der Waals surface area contributed by atoms with Crippen molar-refractivity contribution in [1.29, 1.82) is 0 Å². The third kappa shape index (κ3) is 7.21. The number of halogens is 3. The van der Waals surface area contributed by atoms with Crippen LogP contribution in [0.1, 0.15) is 17.0 Å². The van der Waals surface area contributed by atoms with Gasteiger partial charge in [-0.15, -0.1) is 11.3 Å². The number of carbonyl (C=O) groups is 1. The predicted octanol–water partition coefficient (Wildman–Crippen LogP) is 3.86. The molecule has 0 aliphatic carbocycles. The Kier molecular flexibility index (Phi) is 8.40. The molecule has 9 heteroatoms. The van der Waals surface area contributed by atoms with Crippen molar-refractivity contribution in [2.75, 3.05) is 20.2 Å². The molecule has 154 valence electrons. The van der Waals surface area contributed by atoms with Gasteiger partial charge in [0.25, 0.3) is 0 Å². The van der Waals surface area contributed by atoms with Gasteiger partial charge < -0.3 is 9.84 Å². The van der Waals surface area contributed by atoms with Gasteiger partial charge in [0.15, 0.2) is 0 Å². The van der Waals surface area contributed by atoms with Crippen LogP contribution in [0.25, 0.3) is 0 Å². The summed E-state index contributed by atoms with van der Waals surface area (Å²) in [6.45, 7) is 3.16.